The minimum Gasteiger partial charge on any atom is -0.381 e. The zero-order valence-corrected chi connectivity index (χ0v) is 9.67. The van der Waals surface area contributed by atoms with Crippen molar-refractivity contribution < 1.29 is 4.74 Å². The van der Waals surface area contributed by atoms with Gasteiger partial charge in [-0.2, -0.15) is 0 Å². The third-order valence-corrected chi connectivity index (χ3v) is 3.26. The Labute approximate surface area is 88.5 Å². The normalized spacial score (nSPS) is 21.6. The highest BCUT2D eigenvalue weighted by molar-refractivity contribution is 4.81. The predicted molar refractivity (Wildman–Crippen MR) is 61.4 cm³/mol. The summed E-state index contributed by atoms with van der Waals surface area (Å²) in [5.74, 6) is 1.79. The van der Waals surface area contributed by atoms with Crippen molar-refractivity contribution in [2.45, 2.75) is 46.0 Å². The quantitative estimate of drug-likeness (QED) is 0.608. The molecule has 0 amide bonds. The highest BCUT2D eigenvalue weighted by Crippen LogP contribution is 2.26. The Hall–Kier alpha value is -0.300. The summed E-state index contributed by atoms with van der Waals surface area (Å²) in [5, 5.41) is 0. The van der Waals surface area contributed by atoms with Crippen molar-refractivity contribution >= 4 is 0 Å². The molecule has 14 heavy (non-hydrogen) atoms. The van der Waals surface area contributed by atoms with Crippen LogP contribution < -0.4 is 0 Å². The van der Waals surface area contributed by atoms with Crippen molar-refractivity contribution in [3.05, 3.63) is 12.2 Å². The first-order valence-corrected chi connectivity index (χ1v) is 6.07. The van der Waals surface area contributed by atoms with Gasteiger partial charge in [-0.15, -0.1) is 0 Å². The van der Waals surface area contributed by atoms with Crippen LogP contribution in [0.25, 0.3) is 0 Å². The van der Waals surface area contributed by atoms with Crippen molar-refractivity contribution in [3.63, 3.8) is 0 Å². The van der Waals surface area contributed by atoms with Crippen LogP contribution in [0.1, 0.15) is 46.0 Å². The Bertz CT molecular complexity index is 157. The van der Waals surface area contributed by atoms with Crippen LogP contribution >= 0.6 is 0 Å². The maximum absolute atomic E-state index is 5.38. The van der Waals surface area contributed by atoms with E-state index in [9.17, 15) is 0 Å². The third kappa shape index (κ3) is 4.28. The summed E-state index contributed by atoms with van der Waals surface area (Å²) in [6.07, 6.45) is 10.9. The highest BCUT2D eigenvalue weighted by atomic mass is 16.5. The van der Waals surface area contributed by atoms with Crippen LogP contribution in [-0.4, -0.2) is 13.2 Å². The van der Waals surface area contributed by atoms with Gasteiger partial charge in [0.1, 0.15) is 0 Å². The topological polar surface area (TPSA) is 9.23 Å². The summed E-state index contributed by atoms with van der Waals surface area (Å²) in [5.41, 5.74) is 0. The average Bonchev–Trinajstić information content (AvgIpc) is 2.25. The molecule has 0 spiro atoms. The fourth-order valence-corrected chi connectivity index (χ4v) is 2.16. The lowest BCUT2D eigenvalue weighted by Gasteiger charge is -2.27. The van der Waals surface area contributed by atoms with Gasteiger partial charge in [-0.3, -0.25) is 0 Å². The summed E-state index contributed by atoms with van der Waals surface area (Å²) in [6, 6.07) is 0. The van der Waals surface area contributed by atoms with Gasteiger partial charge in [0.2, 0.25) is 0 Å². The summed E-state index contributed by atoms with van der Waals surface area (Å²) in [6.45, 7) is 6.56. The molecule has 1 saturated heterocycles. The maximum atomic E-state index is 5.38. The molecule has 1 atom stereocenters. The van der Waals surface area contributed by atoms with Crippen molar-refractivity contribution in [1.82, 2.24) is 0 Å². The van der Waals surface area contributed by atoms with Gasteiger partial charge < -0.3 is 4.74 Å². The first-order valence-electron chi connectivity index (χ1n) is 6.07. The van der Waals surface area contributed by atoms with Gasteiger partial charge in [-0.25, -0.2) is 0 Å². The molecular formula is C13H24O. The Kier molecular flexibility index (Phi) is 5.93. The molecule has 1 nitrogen and oxygen atoms in total. The number of hydrogen-bond acceptors (Lipinski definition) is 1. The average molecular weight is 196 g/mol. The number of ether oxygens (including phenoxy) is 1. The van der Waals surface area contributed by atoms with E-state index in [-0.39, 0.29) is 0 Å². The van der Waals surface area contributed by atoms with Crippen LogP contribution in [0.4, 0.5) is 0 Å². The maximum Gasteiger partial charge on any atom is 0.0468 e. The van der Waals surface area contributed by atoms with E-state index in [1.165, 1.54) is 32.1 Å². The first kappa shape index (κ1) is 11.8. The first-order chi connectivity index (χ1) is 6.84. The molecule has 1 aliphatic heterocycles. The molecule has 0 N–H and O–H groups in total. The van der Waals surface area contributed by atoms with E-state index in [0.717, 1.165) is 25.0 Å². The summed E-state index contributed by atoms with van der Waals surface area (Å²) < 4.78 is 5.38. The standard InChI is InChI=1S/C13H24O/c1-3-4-5-6-7-12(2)13-8-10-14-11-9-13/h4-5,12-13H,3,6-11H2,1-2H3/b5-4-. The largest absolute Gasteiger partial charge is 0.381 e. The Balaban J connectivity index is 2.13. The van der Waals surface area contributed by atoms with E-state index in [2.05, 4.69) is 26.0 Å². The van der Waals surface area contributed by atoms with Crippen molar-refractivity contribution in [2.75, 3.05) is 13.2 Å². The van der Waals surface area contributed by atoms with Crippen LogP contribution in [0.2, 0.25) is 0 Å². The van der Waals surface area contributed by atoms with Crippen LogP contribution in [0.5, 0.6) is 0 Å². The van der Waals surface area contributed by atoms with Crippen LogP contribution in [0.15, 0.2) is 12.2 Å². The fraction of sp³-hybridized carbons (Fsp3) is 0.846. The second-order valence-electron chi connectivity index (χ2n) is 4.38. The van der Waals surface area contributed by atoms with Crippen LogP contribution in [0, 0.1) is 11.8 Å². The van der Waals surface area contributed by atoms with E-state index >= 15 is 0 Å². The second-order valence-corrected chi connectivity index (χ2v) is 4.38. The monoisotopic (exact) mass is 196 g/mol. The van der Waals surface area contributed by atoms with E-state index in [1.54, 1.807) is 0 Å². The fourth-order valence-electron chi connectivity index (χ4n) is 2.16. The van der Waals surface area contributed by atoms with Crippen molar-refractivity contribution in [3.8, 4) is 0 Å². The highest BCUT2D eigenvalue weighted by Gasteiger charge is 2.19. The smallest absolute Gasteiger partial charge is 0.0468 e. The molecule has 1 fully saturated rings. The van der Waals surface area contributed by atoms with E-state index in [0.29, 0.717) is 0 Å². The Morgan fingerprint density at radius 2 is 2.00 bits per heavy atom. The van der Waals surface area contributed by atoms with Gasteiger partial charge in [-0.05, 0) is 43.9 Å². The van der Waals surface area contributed by atoms with Crippen LogP contribution in [0.3, 0.4) is 0 Å². The van der Waals surface area contributed by atoms with E-state index < -0.39 is 0 Å². The number of rotatable bonds is 5. The second kappa shape index (κ2) is 7.05. The molecule has 0 radical (unpaired) electrons. The molecule has 1 aliphatic rings. The van der Waals surface area contributed by atoms with E-state index in [1.807, 2.05) is 0 Å². The predicted octanol–water partition coefficient (Wildman–Crippen LogP) is 3.80. The van der Waals surface area contributed by atoms with Gasteiger partial charge in [0.05, 0.1) is 0 Å². The van der Waals surface area contributed by atoms with Gasteiger partial charge in [0.15, 0.2) is 0 Å². The van der Waals surface area contributed by atoms with Gasteiger partial charge in [0, 0.05) is 13.2 Å². The molecule has 1 heteroatoms. The molecule has 0 bridgehead atoms. The summed E-state index contributed by atoms with van der Waals surface area (Å²) in [7, 11) is 0. The molecular weight excluding hydrogens is 172 g/mol. The third-order valence-electron chi connectivity index (χ3n) is 3.26. The van der Waals surface area contributed by atoms with Crippen molar-refractivity contribution in [1.29, 1.82) is 0 Å². The van der Waals surface area contributed by atoms with Crippen LogP contribution in [-0.2, 0) is 4.74 Å². The molecule has 1 heterocycles. The van der Waals surface area contributed by atoms with Crippen molar-refractivity contribution in [2.24, 2.45) is 11.8 Å². The Morgan fingerprint density at radius 3 is 2.64 bits per heavy atom. The molecule has 0 saturated carbocycles. The molecule has 82 valence electrons. The Morgan fingerprint density at radius 1 is 1.29 bits per heavy atom. The zero-order valence-electron chi connectivity index (χ0n) is 9.67. The SMILES string of the molecule is CC/C=C\CCC(C)C1CCOCC1. The number of hydrogen-bond donors (Lipinski definition) is 0. The van der Waals surface area contributed by atoms with Gasteiger partial charge in [0.25, 0.3) is 0 Å². The van der Waals surface area contributed by atoms with Gasteiger partial charge >= 0.3 is 0 Å². The zero-order chi connectivity index (χ0) is 10.2. The molecule has 1 rings (SSSR count). The molecule has 0 aromatic rings. The van der Waals surface area contributed by atoms with E-state index in [4.69, 9.17) is 4.74 Å². The lowest BCUT2D eigenvalue weighted by molar-refractivity contribution is 0.0483. The minimum absolute atomic E-state index is 0.875. The number of allylic oxidation sites excluding steroid dienone is 2. The van der Waals surface area contributed by atoms with Gasteiger partial charge in [-0.1, -0.05) is 26.0 Å². The molecule has 0 aromatic heterocycles. The lowest BCUT2D eigenvalue weighted by atomic mass is 9.84. The molecule has 0 aliphatic carbocycles. The summed E-state index contributed by atoms with van der Waals surface area (Å²) >= 11 is 0. The summed E-state index contributed by atoms with van der Waals surface area (Å²) in [4.78, 5) is 0. The lowest BCUT2D eigenvalue weighted by Crippen LogP contribution is -2.21. The minimum atomic E-state index is 0.875. The molecule has 1 unspecified atom stereocenters. The molecule has 0 aromatic carbocycles.